The molecule has 0 amide bonds. The van der Waals surface area contributed by atoms with Crippen LogP contribution in [-0.4, -0.2) is 66.7 Å². The Balaban J connectivity index is 0.000000226. The van der Waals surface area contributed by atoms with E-state index in [2.05, 4.69) is 24.1 Å². The normalized spacial score (nSPS) is 27.8. The molecule has 32 heavy (non-hydrogen) atoms. The molecule has 0 saturated carbocycles. The fourth-order valence-electron chi connectivity index (χ4n) is 4.93. The number of aliphatic hydroxyl groups is 1. The number of unbranched alkanes of at least 4 members (excludes halogenated alkanes) is 1. The first-order valence-electron chi connectivity index (χ1n) is 11.7. The maximum absolute atomic E-state index is 11.2. The van der Waals surface area contributed by atoms with Gasteiger partial charge in [0.1, 0.15) is 6.10 Å². The van der Waals surface area contributed by atoms with Gasteiger partial charge in [-0.05, 0) is 51.0 Å². The highest BCUT2D eigenvalue weighted by atomic mass is 31.2. The number of nitrogens with two attached hydrogens (primary N) is 1. The molecule has 0 fully saturated rings. The molecule has 4 N–H and O–H groups in total. The Labute approximate surface area is 192 Å². The Hall–Kier alpha value is -1.37. The van der Waals surface area contributed by atoms with Gasteiger partial charge in [0.25, 0.3) is 0 Å². The van der Waals surface area contributed by atoms with E-state index >= 15 is 0 Å². The van der Waals surface area contributed by atoms with Crippen LogP contribution in [0.2, 0.25) is 0 Å². The van der Waals surface area contributed by atoms with Crippen molar-refractivity contribution in [1.82, 2.24) is 4.90 Å². The van der Waals surface area contributed by atoms with E-state index in [0.29, 0.717) is 31.7 Å². The minimum absolute atomic E-state index is 0.00838. The van der Waals surface area contributed by atoms with Crippen molar-refractivity contribution >= 4 is 7.37 Å². The largest absolute Gasteiger partial charge is 0.493 e. The van der Waals surface area contributed by atoms with Crippen molar-refractivity contribution in [3.05, 3.63) is 35.4 Å². The van der Waals surface area contributed by atoms with Gasteiger partial charge < -0.3 is 30.1 Å². The molecule has 2 aliphatic heterocycles. The Kier molecular flexibility index (Phi) is 8.45. The molecule has 180 valence electrons. The maximum Gasteiger partial charge on any atom is 0.200 e. The van der Waals surface area contributed by atoms with Crippen LogP contribution in [0.4, 0.5) is 0 Å². The first kappa shape index (κ1) is 25.3. The average molecular weight is 467 g/mol. The second-order valence-corrected chi connectivity index (χ2v) is 11.8. The Morgan fingerprint density at radius 2 is 2.09 bits per heavy atom. The number of aliphatic hydroxyl groups excluding tert-OH is 1. The first-order valence-corrected chi connectivity index (χ1v) is 13.7. The highest BCUT2D eigenvalue weighted by molar-refractivity contribution is 7.57. The molecule has 1 aromatic rings. The topological polar surface area (TPSA) is 105 Å². The summed E-state index contributed by atoms with van der Waals surface area (Å²) >= 11 is 0. The third kappa shape index (κ3) is 5.40. The van der Waals surface area contributed by atoms with Crippen molar-refractivity contribution in [1.29, 1.82) is 0 Å². The molecule has 1 spiro atoms. The fourth-order valence-corrected chi connectivity index (χ4v) is 6.64. The molecule has 2 heterocycles. The Morgan fingerprint density at radius 3 is 2.78 bits per heavy atom. The monoisotopic (exact) mass is 466 g/mol. The summed E-state index contributed by atoms with van der Waals surface area (Å²) in [5.41, 5.74) is 7.72. The molecule has 0 bridgehead atoms. The maximum atomic E-state index is 11.2. The summed E-state index contributed by atoms with van der Waals surface area (Å²) in [6, 6.07) is 4.16. The van der Waals surface area contributed by atoms with Crippen molar-refractivity contribution in [3.63, 3.8) is 0 Å². The molecular weight excluding hydrogens is 427 g/mol. The molecule has 4 atom stereocenters. The van der Waals surface area contributed by atoms with Crippen LogP contribution in [0.3, 0.4) is 0 Å². The SMILES string of the molecule is CCCCP(=O)(O)CCCN.COc1ccc2c3c1O[C@H]1C[C@@H](O)C=C[C@@]31CCN(C)C2. The van der Waals surface area contributed by atoms with Crippen molar-refractivity contribution in [2.75, 3.05) is 39.6 Å². The molecule has 0 saturated heterocycles. The first-order chi connectivity index (χ1) is 15.3. The molecule has 8 heteroatoms. The van der Waals surface area contributed by atoms with Gasteiger partial charge >= 0.3 is 0 Å². The van der Waals surface area contributed by atoms with Crippen LogP contribution in [0.1, 0.15) is 50.2 Å². The lowest BCUT2D eigenvalue weighted by Gasteiger charge is -2.35. The van der Waals surface area contributed by atoms with E-state index in [1.165, 1.54) is 11.1 Å². The van der Waals surface area contributed by atoms with Gasteiger partial charge in [0.2, 0.25) is 7.37 Å². The van der Waals surface area contributed by atoms with E-state index in [0.717, 1.165) is 43.9 Å². The Morgan fingerprint density at radius 1 is 1.34 bits per heavy atom. The van der Waals surface area contributed by atoms with Crippen LogP contribution in [-0.2, 0) is 16.5 Å². The number of hydrogen-bond donors (Lipinski definition) is 3. The van der Waals surface area contributed by atoms with E-state index in [1.807, 2.05) is 19.1 Å². The summed E-state index contributed by atoms with van der Waals surface area (Å²) in [5, 5.41) is 9.97. The minimum Gasteiger partial charge on any atom is -0.493 e. The van der Waals surface area contributed by atoms with Gasteiger partial charge in [-0.2, -0.15) is 0 Å². The summed E-state index contributed by atoms with van der Waals surface area (Å²) < 4.78 is 23.0. The van der Waals surface area contributed by atoms with Crippen LogP contribution in [0.15, 0.2) is 24.3 Å². The summed E-state index contributed by atoms with van der Waals surface area (Å²) in [5.74, 6) is 1.68. The number of hydrogen-bond acceptors (Lipinski definition) is 6. The van der Waals surface area contributed by atoms with E-state index in [4.69, 9.17) is 15.2 Å². The third-order valence-corrected chi connectivity index (χ3v) is 8.75. The Bertz CT molecular complexity index is 849. The lowest BCUT2D eigenvalue weighted by Crippen LogP contribution is -2.42. The molecule has 1 aromatic carbocycles. The summed E-state index contributed by atoms with van der Waals surface area (Å²) in [6.07, 6.45) is 8.72. The number of rotatable bonds is 7. The van der Waals surface area contributed by atoms with Crippen LogP contribution < -0.4 is 15.2 Å². The number of ether oxygens (including phenoxy) is 2. The zero-order valence-corrected chi connectivity index (χ0v) is 20.5. The molecule has 7 nitrogen and oxygen atoms in total. The van der Waals surface area contributed by atoms with E-state index in [-0.39, 0.29) is 11.5 Å². The van der Waals surface area contributed by atoms with Gasteiger partial charge in [-0.1, -0.05) is 31.6 Å². The predicted octanol–water partition coefficient (Wildman–Crippen LogP) is 3.26. The second kappa shape index (κ2) is 10.7. The molecule has 0 radical (unpaired) electrons. The van der Waals surface area contributed by atoms with Crippen LogP contribution >= 0.6 is 7.37 Å². The van der Waals surface area contributed by atoms with Crippen molar-refractivity contribution in [2.45, 2.75) is 63.2 Å². The summed E-state index contributed by atoms with van der Waals surface area (Å²) in [6.45, 7) is 4.48. The average Bonchev–Trinajstić information content (AvgIpc) is 3.02. The summed E-state index contributed by atoms with van der Waals surface area (Å²) in [7, 11) is 1.04. The van der Waals surface area contributed by atoms with Gasteiger partial charge in [0.15, 0.2) is 11.5 Å². The van der Waals surface area contributed by atoms with E-state index < -0.39 is 13.5 Å². The second-order valence-electron chi connectivity index (χ2n) is 9.22. The highest BCUT2D eigenvalue weighted by Crippen LogP contribution is 2.55. The predicted molar refractivity (Wildman–Crippen MR) is 128 cm³/mol. The molecule has 3 aliphatic rings. The smallest absolute Gasteiger partial charge is 0.200 e. The van der Waals surface area contributed by atoms with E-state index in [1.54, 1.807) is 7.11 Å². The number of methoxy groups -OCH3 is 1. The lowest BCUT2D eigenvalue weighted by molar-refractivity contribution is 0.0821. The fraction of sp³-hybridized carbons (Fsp3) is 0.667. The van der Waals surface area contributed by atoms with Crippen LogP contribution in [0.25, 0.3) is 0 Å². The molecule has 1 unspecified atom stereocenters. The van der Waals surface area contributed by atoms with Gasteiger partial charge in [0.05, 0.1) is 18.6 Å². The zero-order chi connectivity index (χ0) is 23.4. The van der Waals surface area contributed by atoms with Crippen LogP contribution in [0.5, 0.6) is 11.5 Å². The van der Waals surface area contributed by atoms with Gasteiger partial charge in [-0.25, -0.2) is 0 Å². The van der Waals surface area contributed by atoms with Gasteiger partial charge in [-0.15, -0.1) is 0 Å². The highest BCUT2D eigenvalue weighted by Gasteiger charge is 2.52. The van der Waals surface area contributed by atoms with Crippen molar-refractivity contribution in [2.24, 2.45) is 5.73 Å². The third-order valence-electron chi connectivity index (χ3n) is 6.72. The standard InChI is InChI=1S/C17H21NO3.C7H18NO2P/c1-18-8-7-17-6-5-12(19)9-14(17)21-16-13(20-2)4-3-11(10-18)15(16)17;1-2-3-6-11(9,10)7-4-5-8/h3-6,12,14,19H,7-10H2,1-2H3;2-8H2,1H3,(H,9,10)/t12-,14-,17-;/m0./s1. The minimum atomic E-state index is -2.81. The summed E-state index contributed by atoms with van der Waals surface area (Å²) in [4.78, 5) is 11.6. The zero-order valence-electron chi connectivity index (χ0n) is 19.6. The molecule has 4 rings (SSSR count). The number of nitrogens with zero attached hydrogens (tertiary/aromatic N) is 1. The molecule has 0 aromatic heterocycles. The van der Waals surface area contributed by atoms with Crippen molar-refractivity contribution in [3.8, 4) is 11.5 Å². The van der Waals surface area contributed by atoms with Crippen LogP contribution in [0, 0.1) is 0 Å². The quantitative estimate of drug-likeness (QED) is 0.418. The van der Waals surface area contributed by atoms with Crippen molar-refractivity contribution < 1.29 is 24.0 Å². The lowest BCUT2D eigenvalue weighted by atomic mass is 9.69. The van der Waals surface area contributed by atoms with Gasteiger partial charge in [-0.3, -0.25) is 4.57 Å². The molecular formula is C24H39N2O5P. The van der Waals surface area contributed by atoms with Gasteiger partial charge in [0, 0.05) is 30.9 Å². The molecule has 1 aliphatic carbocycles. The van der Waals surface area contributed by atoms with E-state index in [9.17, 15) is 14.6 Å². The number of benzene rings is 1.